The molecule has 0 radical (unpaired) electrons. The van der Waals surface area contributed by atoms with Crippen LogP contribution >= 0.6 is 12.4 Å². The first-order chi connectivity index (χ1) is 13.2. The third-order valence-corrected chi connectivity index (χ3v) is 4.39. The van der Waals surface area contributed by atoms with Crippen molar-refractivity contribution in [2.24, 2.45) is 0 Å². The van der Waals surface area contributed by atoms with Gasteiger partial charge in [-0.2, -0.15) is 10.2 Å². The molecule has 0 saturated carbocycles. The molecule has 1 fully saturated rings. The Bertz CT molecular complexity index is 833. The number of hydrogen-bond acceptors (Lipinski definition) is 7. The molecule has 0 atom stereocenters. The number of ether oxygens (including phenoxy) is 1. The number of halogens is 1. The average molecular weight is 403 g/mol. The first-order valence-corrected chi connectivity index (χ1v) is 9.07. The van der Waals surface area contributed by atoms with Crippen molar-refractivity contribution in [3.63, 3.8) is 0 Å². The van der Waals surface area contributed by atoms with Gasteiger partial charge in [-0.15, -0.1) is 12.4 Å². The third-order valence-electron chi connectivity index (χ3n) is 4.39. The third kappa shape index (κ3) is 5.08. The highest BCUT2D eigenvalue weighted by Gasteiger charge is 2.25. The van der Waals surface area contributed by atoms with Gasteiger partial charge in [0.1, 0.15) is 6.07 Å². The minimum atomic E-state index is -0.147. The normalized spacial score (nSPS) is 13.4. The second-order valence-corrected chi connectivity index (χ2v) is 6.21. The van der Waals surface area contributed by atoms with Gasteiger partial charge in [-0.3, -0.25) is 9.78 Å². The Morgan fingerprint density at radius 3 is 2.75 bits per heavy atom. The van der Waals surface area contributed by atoms with E-state index < -0.39 is 0 Å². The fraction of sp³-hybridized carbons (Fsp3) is 0.421. The van der Waals surface area contributed by atoms with Gasteiger partial charge < -0.3 is 14.5 Å². The summed E-state index contributed by atoms with van der Waals surface area (Å²) in [5.74, 6) is 1.03. The van der Waals surface area contributed by atoms with Crippen molar-refractivity contribution < 1.29 is 9.53 Å². The quantitative estimate of drug-likeness (QED) is 0.684. The molecule has 0 aliphatic carbocycles. The number of piperazine rings is 1. The lowest BCUT2D eigenvalue weighted by molar-refractivity contribution is 0.0745. The SMILES string of the molecule is CCCCOc1ccnc(N2CCN(C(=O)c3ccncc3C#N)CC2)n1.Cl. The Labute approximate surface area is 170 Å². The van der Waals surface area contributed by atoms with Gasteiger partial charge in [0.05, 0.1) is 17.7 Å². The Morgan fingerprint density at radius 2 is 2.04 bits per heavy atom. The number of hydrogen-bond donors (Lipinski definition) is 0. The van der Waals surface area contributed by atoms with E-state index in [-0.39, 0.29) is 18.3 Å². The van der Waals surface area contributed by atoms with Crippen LogP contribution in [0.15, 0.2) is 30.7 Å². The zero-order chi connectivity index (χ0) is 19.1. The lowest BCUT2D eigenvalue weighted by Gasteiger charge is -2.34. The van der Waals surface area contributed by atoms with E-state index >= 15 is 0 Å². The van der Waals surface area contributed by atoms with E-state index in [9.17, 15) is 4.79 Å². The molecule has 1 saturated heterocycles. The molecule has 1 aliphatic rings. The molecule has 9 heteroatoms. The van der Waals surface area contributed by atoms with Crippen LogP contribution in [0.1, 0.15) is 35.7 Å². The molecule has 1 aliphatic heterocycles. The van der Waals surface area contributed by atoms with E-state index in [0.29, 0.717) is 55.7 Å². The topological polar surface area (TPSA) is 95.2 Å². The molecule has 3 heterocycles. The van der Waals surface area contributed by atoms with Gasteiger partial charge >= 0.3 is 0 Å². The summed E-state index contributed by atoms with van der Waals surface area (Å²) in [5.41, 5.74) is 0.689. The Balaban J connectivity index is 0.00000280. The fourth-order valence-electron chi connectivity index (χ4n) is 2.84. The highest BCUT2D eigenvalue weighted by atomic mass is 35.5. The number of anilines is 1. The molecule has 0 bridgehead atoms. The van der Waals surface area contributed by atoms with Gasteiger partial charge in [0.2, 0.25) is 11.8 Å². The van der Waals surface area contributed by atoms with Crippen LogP contribution in [0.25, 0.3) is 0 Å². The van der Waals surface area contributed by atoms with Crippen molar-refractivity contribution in [1.29, 1.82) is 5.26 Å². The van der Waals surface area contributed by atoms with Crippen molar-refractivity contribution in [1.82, 2.24) is 19.9 Å². The van der Waals surface area contributed by atoms with Crippen molar-refractivity contribution in [3.8, 4) is 11.9 Å². The van der Waals surface area contributed by atoms with Crippen LogP contribution in [-0.2, 0) is 0 Å². The van der Waals surface area contributed by atoms with Gasteiger partial charge in [-0.25, -0.2) is 4.98 Å². The smallest absolute Gasteiger partial charge is 0.255 e. The lowest BCUT2D eigenvalue weighted by atomic mass is 10.1. The summed E-state index contributed by atoms with van der Waals surface area (Å²) in [4.78, 5) is 29.2. The minimum Gasteiger partial charge on any atom is -0.478 e. The highest BCUT2D eigenvalue weighted by Crippen LogP contribution is 2.17. The summed E-state index contributed by atoms with van der Waals surface area (Å²) in [6, 6.07) is 5.37. The molecular formula is C19H23ClN6O2. The number of amides is 1. The van der Waals surface area contributed by atoms with Crippen LogP contribution in [0.3, 0.4) is 0 Å². The van der Waals surface area contributed by atoms with Crippen molar-refractivity contribution in [2.45, 2.75) is 19.8 Å². The van der Waals surface area contributed by atoms with E-state index in [4.69, 9.17) is 10.00 Å². The fourth-order valence-corrected chi connectivity index (χ4v) is 2.84. The van der Waals surface area contributed by atoms with Crippen LogP contribution < -0.4 is 9.64 Å². The lowest BCUT2D eigenvalue weighted by Crippen LogP contribution is -2.49. The number of aromatic nitrogens is 3. The van der Waals surface area contributed by atoms with Crippen molar-refractivity contribution in [3.05, 3.63) is 41.9 Å². The van der Waals surface area contributed by atoms with Crippen LogP contribution in [0.4, 0.5) is 5.95 Å². The monoisotopic (exact) mass is 402 g/mol. The molecule has 0 N–H and O–H groups in total. The zero-order valence-corrected chi connectivity index (χ0v) is 16.6. The number of unbranched alkanes of at least 4 members (excludes halogenated alkanes) is 1. The van der Waals surface area contributed by atoms with Gasteiger partial charge in [0.25, 0.3) is 5.91 Å². The molecule has 2 aromatic rings. The van der Waals surface area contributed by atoms with Gasteiger partial charge in [0, 0.05) is 50.8 Å². The van der Waals surface area contributed by atoms with Crippen LogP contribution in [0.5, 0.6) is 5.88 Å². The summed E-state index contributed by atoms with van der Waals surface area (Å²) < 4.78 is 5.64. The first kappa shape index (κ1) is 21.4. The number of carbonyl (C=O) groups excluding carboxylic acids is 1. The molecule has 0 aromatic carbocycles. The van der Waals surface area contributed by atoms with Gasteiger partial charge in [-0.05, 0) is 12.5 Å². The van der Waals surface area contributed by atoms with E-state index in [1.165, 1.54) is 12.4 Å². The summed E-state index contributed by atoms with van der Waals surface area (Å²) in [6.45, 7) is 5.07. The summed E-state index contributed by atoms with van der Waals surface area (Å²) in [5, 5.41) is 9.16. The van der Waals surface area contributed by atoms with Gasteiger partial charge in [-0.1, -0.05) is 13.3 Å². The van der Waals surface area contributed by atoms with E-state index in [1.54, 1.807) is 23.2 Å². The van der Waals surface area contributed by atoms with Crippen LogP contribution in [-0.4, -0.2) is 58.5 Å². The van der Waals surface area contributed by atoms with Crippen LogP contribution in [0, 0.1) is 11.3 Å². The number of nitrogens with zero attached hydrogens (tertiary/aromatic N) is 6. The van der Waals surface area contributed by atoms with Crippen molar-refractivity contribution in [2.75, 3.05) is 37.7 Å². The first-order valence-electron chi connectivity index (χ1n) is 9.07. The van der Waals surface area contributed by atoms with Crippen molar-refractivity contribution >= 4 is 24.3 Å². The van der Waals surface area contributed by atoms with E-state index in [0.717, 1.165) is 12.8 Å². The second kappa shape index (κ2) is 10.4. The minimum absolute atomic E-state index is 0. The molecule has 3 rings (SSSR count). The molecule has 148 valence electrons. The summed E-state index contributed by atoms with van der Waals surface area (Å²) >= 11 is 0. The second-order valence-electron chi connectivity index (χ2n) is 6.21. The predicted molar refractivity (Wildman–Crippen MR) is 107 cm³/mol. The molecule has 2 aromatic heterocycles. The van der Waals surface area contributed by atoms with Gasteiger partial charge in [0.15, 0.2) is 0 Å². The average Bonchev–Trinajstić information content (AvgIpc) is 2.74. The maximum absolute atomic E-state index is 12.7. The maximum atomic E-state index is 12.7. The Kier molecular flexibility index (Phi) is 7.96. The van der Waals surface area contributed by atoms with E-state index in [1.807, 2.05) is 11.0 Å². The van der Waals surface area contributed by atoms with E-state index in [2.05, 4.69) is 21.9 Å². The highest BCUT2D eigenvalue weighted by molar-refractivity contribution is 5.96. The number of carbonyl (C=O) groups is 1. The number of nitriles is 1. The zero-order valence-electron chi connectivity index (χ0n) is 15.7. The predicted octanol–water partition coefficient (Wildman–Crippen LogP) is 2.31. The Hall–Kier alpha value is -2.92. The number of rotatable bonds is 6. The standard InChI is InChI=1S/C19H22N6O2.ClH/c1-2-3-12-27-17-5-7-22-19(23-17)25-10-8-24(9-11-25)18(26)16-4-6-21-14-15(16)13-20;/h4-7,14H,2-3,8-12H2,1H3;1H. The molecule has 1 amide bonds. The molecule has 0 unspecified atom stereocenters. The molecule has 28 heavy (non-hydrogen) atoms. The summed E-state index contributed by atoms with van der Waals surface area (Å²) in [6.07, 6.45) is 6.69. The van der Waals surface area contributed by atoms with Crippen LogP contribution in [0.2, 0.25) is 0 Å². The molecule has 8 nitrogen and oxygen atoms in total. The number of pyridine rings is 1. The molecular weight excluding hydrogens is 380 g/mol. The summed E-state index contributed by atoms with van der Waals surface area (Å²) in [7, 11) is 0. The molecule has 0 spiro atoms. The largest absolute Gasteiger partial charge is 0.478 e. The maximum Gasteiger partial charge on any atom is 0.255 e. The Morgan fingerprint density at radius 1 is 1.25 bits per heavy atom.